The van der Waals surface area contributed by atoms with Crippen LogP contribution in [0.5, 0.6) is 0 Å². The molecule has 2 fully saturated rings. The van der Waals surface area contributed by atoms with Crippen LogP contribution in [-0.4, -0.2) is 70.8 Å². The molecule has 2 saturated heterocycles. The van der Waals surface area contributed by atoms with E-state index in [0.717, 1.165) is 16.3 Å². The van der Waals surface area contributed by atoms with E-state index >= 15 is 0 Å². The van der Waals surface area contributed by atoms with Crippen LogP contribution in [0.2, 0.25) is 0 Å². The van der Waals surface area contributed by atoms with Crippen LogP contribution in [0.4, 0.5) is 5.69 Å². The Labute approximate surface area is 250 Å². The molecule has 0 bridgehead atoms. The van der Waals surface area contributed by atoms with Crippen LogP contribution >= 0.6 is 0 Å². The smallest absolute Gasteiger partial charge is 0.313 e. The van der Waals surface area contributed by atoms with Crippen LogP contribution in [0.1, 0.15) is 18.9 Å². The van der Waals surface area contributed by atoms with Crippen LogP contribution in [0.15, 0.2) is 97.1 Å². The largest absolute Gasteiger partial charge is 0.461 e. The number of fused-ring (bicyclic) bond motifs is 3. The molecule has 3 aromatic carbocycles. The van der Waals surface area contributed by atoms with E-state index in [1.807, 2.05) is 97.9 Å². The Morgan fingerprint density at radius 2 is 1.67 bits per heavy atom. The van der Waals surface area contributed by atoms with Crippen molar-refractivity contribution in [2.45, 2.75) is 43.1 Å². The highest BCUT2D eigenvalue weighted by molar-refractivity contribution is 6.06. The van der Waals surface area contributed by atoms with Gasteiger partial charge in [0.15, 0.2) is 0 Å². The molecule has 0 aromatic heterocycles. The summed E-state index contributed by atoms with van der Waals surface area (Å²) in [5.74, 6) is -3.14. The van der Waals surface area contributed by atoms with E-state index in [1.165, 1.54) is 4.90 Å². The molecular formula is C35H34N2O6. The van der Waals surface area contributed by atoms with Crippen LogP contribution in [0.3, 0.4) is 0 Å². The van der Waals surface area contributed by atoms with Gasteiger partial charge < -0.3 is 24.4 Å². The monoisotopic (exact) mass is 578 g/mol. The summed E-state index contributed by atoms with van der Waals surface area (Å²) >= 11 is 0. The standard InChI is InChI=1S/C35H34N2O6/c1-2-34-16-9-19-42-33(41)29(34)28-31(39)37(27(22-38)20-23-10-4-3-5-11-23)30-32(40)36(18-8-17-35(28,30)43-34)26-15-14-24-12-6-7-13-25(24)21-26/h3-17,21,27-30,38H,2,18-20,22H2,1H3/t27-,28+,29+,30?,34-,35+/m1/s1. The van der Waals surface area contributed by atoms with Crippen molar-refractivity contribution >= 4 is 34.2 Å². The minimum absolute atomic E-state index is 0.0965. The minimum Gasteiger partial charge on any atom is -0.461 e. The second kappa shape index (κ2) is 10.5. The Balaban J connectivity index is 1.38. The van der Waals surface area contributed by atoms with Gasteiger partial charge in [-0.25, -0.2) is 0 Å². The number of benzene rings is 3. The highest BCUT2D eigenvalue weighted by atomic mass is 16.6. The van der Waals surface area contributed by atoms with Gasteiger partial charge in [-0.1, -0.05) is 85.8 Å². The van der Waals surface area contributed by atoms with Crippen molar-refractivity contribution in [3.05, 3.63) is 103 Å². The molecule has 3 aromatic rings. The van der Waals surface area contributed by atoms with Gasteiger partial charge in [0.2, 0.25) is 5.91 Å². The van der Waals surface area contributed by atoms with Gasteiger partial charge in [0.1, 0.15) is 29.8 Å². The number of aliphatic hydroxyl groups is 1. The third kappa shape index (κ3) is 4.15. The van der Waals surface area contributed by atoms with Gasteiger partial charge in [0.25, 0.3) is 5.91 Å². The summed E-state index contributed by atoms with van der Waals surface area (Å²) in [6, 6.07) is 21.6. The Kier molecular flexibility index (Phi) is 6.71. The van der Waals surface area contributed by atoms with Crippen molar-refractivity contribution in [3.8, 4) is 0 Å². The van der Waals surface area contributed by atoms with Crippen molar-refractivity contribution in [1.82, 2.24) is 4.90 Å². The zero-order valence-corrected chi connectivity index (χ0v) is 24.0. The number of hydrogen-bond acceptors (Lipinski definition) is 6. The molecule has 1 N–H and O–H groups in total. The summed E-state index contributed by atoms with van der Waals surface area (Å²) < 4.78 is 12.5. The van der Waals surface area contributed by atoms with Gasteiger partial charge in [-0.3, -0.25) is 14.4 Å². The number of cyclic esters (lactones) is 1. The highest BCUT2D eigenvalue weighted by Gasteiger charge is 2.76. The van der Waals surface area contributed by atoms with E-state index in [0.29, 0.717) is 18.5 Å². The average molecular weight is 579 g/mol. The molecule has 0 aliphatic carbocycles. The molecule has 1 spiro atoms. The van der Waals surface area contributed by atoms with E-state index in [4.69, 9.17) is 9.47 Å². The molecule has 220 valence electrons. The number of esters is 1. The van der Waals surface area contributed by atoms with Crippen LogP contribution in [-0.2, 0) is 30.3 Å². The summed E-state index contributed by atoms with van der Waals surface area (Å²) in [6.45, 7) is 1.92. The Hall–Kier alpha value is -4.27. The molecule has 4 aliphatic heterocycles. The molecule has 7 rings (SSSR count). The predicted molar refractivity (Wildman–Crippen MR) is 161 cm³/mol. The molecule has 0 saturated carbocycles. The fourth-order valence-corrected chi connectivity index (χ4v) is 7.64. The SMILES string of the molecule is CC[C@@]12C=CCOC(=O)[C@@H]1[C@H]1C(=O)N([C@@H](CO)Cc3ccccc3)C3C(=O)N(c4ccc5ccccc5c4)CC=C[C@@]31O2. The Bertz CT molecular complexity index is 1650. The molecule has 1 unspecified atom stereocenters. The maximum atomic E-state index is 14.9. The summed E-state index contributed by atoms with van der Waals surface area (Å²) in [4.78, 5) is 46.3. The van der Waals surface area contributed by atoms with E-state index in [9.17, 15) is 19.5 Å². The number of likely N-dealkylation sites (tertiary alicyclic amines) is 1. The lowest BCUT2D eigenvalue weighted by Crippen LogP contribution is -2.59. The van der Waals surface area contributed by atoms with Crippen molar-refractivity contribution in [3.63, 3.8) is 0 Å². The fraction of sp³-hybridized carbons (Fsp3) is 0.343. The molecule has 0 radical (unpaired) electrons. The zero-order chi connectivity index (χ0) is 29.8. The summed E-state index contributed by atoms with van der Waals surface area (Å²) in [5, 5.41) is 12.8. The van der Waals surface area contributed by atoms with Crippen LogP contribution in [0, 0.1) is 11.8 Å². The molecule has 4 heterocycles. The third-order valence-electron chi connectivity index (χ3n) is 9.60. The lowest BCUT2D eigenvalue weighted by Gasteiger charge is -2.40. The molecule has 6 atom stereocenters. The van der Waals surface area contributed by atoms with Crippen LogP contribution in [0.25, 0.3) is 10.8 Å². The molecule has 2 amide bonds. The lowest BCUT2D eigenvalue weighted by molar-refractivity contribution is -0.159. The quantitative estimate of drug-likeness (QED) is 0.353. The van der Waals surface area contributed by atoms with E-state index < -0.39 is 41.1 Å². The fourth-order valence-electron chi connectivity index (χ4n) is 7.64. The first-order valence-corrected chi connectivity index (χ1v) is 14.9. The Morgan fingerprint density at radius 3 is 2.44 bits per heavy atom. The number of nitrogens with zero attached hydrogens (tertiary/aromatic N) is 2. The maximum absolute atomic E-state index is 14.9. The number of ether oxygens (including phenoxy) is 2. The lowest BCUT2D eigenvalue weighted by atomic mass is 9.73. The van der Waals surface area contributed by atoms with Gasteiger partial charge in [0.05, 0.1) is 18.6 Å². The molecule has 8 nitrogen and oxygen atoms in total. The number of rotatable bonds is 6. The summed E-state index contributed by atoms with van der Waals surface area (Å²) in [5.41, 5.74) is -0.911. The van der Waals surface area contributed by atoms with Gasteiger partial charge in [0, 0.05) is 12.2 Å². The first kappa shape index (κ1) is 27.6. The number of hydrogen-bond donors (Lipinski definition) is 1. The number of aliphatic hydroxyl groups excluding tert-OH is 1. The normalized spacial score (nSPS) is 30.5. The van der Waals surface area contributed by atoms with Gasteiger partial charge in [-0.05, 0) is 47.4 Å². The van der Waals surface area contributed by atoms with Crippen molar-refractivity contribution < 1.29 is 29.0 Å². The number of anilines is 1. The minimum atomic E-state index is -1.43. The first-order valence-electron chi connectivity index (χ1n) is 14.9. The second-order valence-corrected chi connectivity index (χ2v) is 11.8. The third-order valence-corrected chi connectivity index (χ3v) is 9.60. The number of carbonyl (C=O) groups is 3. The molecule has 43 heavy (non-hydrogen) atoms. The van der Waals surface area contributed by atoms with Crippen molar-refractivity contribution in [1.29, 1.82) is 0 Å². The van der Waals surface area contributed by atoms with E-state index in [1.54, 1.807) is 11.0 Å². The van der Waals surface area contributed by atoms with Crippen LogP contribution < -0.4 is 4.90 Å². The second-order valence-electron chi connectivity index (χ2n) is 11.8. The maximum Gasteiger partial charge on any atom is 0.313 e. The van der Waals surface area contributed by atoms with Crippen molar-refractivity contribution in [2.24, 2.45) is 11.8 Å². The van der Waals surface area contributed by atoms with Gasteiger partial charge >= 0.3 is 5.97 Å². The first-order chi connectivity index (χ1) is 20.9. The summed E-state index contributed by atoms with van der Waals surface area (Å²) in [6.07, 6.45) is 8.04. The van der Waals surface area contributed by atoms with Gasteiger partial charge in [-0.15, -0.1) is 0 Å². The topological polar surface area (TPSA) is 96.4 Å². The molecule has 8 heteroatoms. The molecule has 4 aliphatic rings. The molecular weight excluding hydrogens is 544 g/mol. The average Bonchev–Trinajstić information content (AvgIpc) is 3.32. The van der Waals surface area contributed by atoms with E-state index in [2.05, 4.69) is 0 Å². The van der Waals surface area contributed by atoms with Gasteiger partial charge in [-0.2, -0.15) is 0 Å². The van der Waals surface area contributed by atoms with E-state index in [-0.39, 0.29) is 31.6 Å². The highest BCUT2D eigenvalue weighted by Crippen LogP contribution is 2.59. The summed E-state index contributed by atoms with van der Waals surface area (Å²) in [7, 11) is 0. The predicted octanol–water partition coefficient (Wildman–Crippen LogP) is 3.82. The number of carbonyl (C=O) groups excluding carboxylic acids is 3. The number of amides is 2. The van der Waals surface area contributed by atoms with Crippen molar-refractivity contribution in [2.75, 3.05) is 24.7 Å². The zero-order valence-electron chi connectivity index (χ0n) is 24.0. The Morgan fingerprint density at radius 1 is 0.907 bits per heavy atom.